The van der Waals surface area contributed by atoms with Crippen LogP contribution >= 0.6 is 0 Å². The van der Waals surface area contributed by atoms with Gasteiger partial charge < -0.3 is 14.1 Å². The van der Waals surface area contributed by atoms with E-state index in [1.54, 1.807) is 12.3 Å². The number of nitrogens with zero attached hydrogens (tertiary/aromatic N) is 2. The van der Waals surface area contributed by atoms with E-state index in [2.05, 4.69) is 36.9 Å². The lowest BCUT2D eigenvalue weighted by Gasteiger charge is -2.26. The molecule has 0 bridgehead atoms. The van der Waals surface area contributed by atoms with E-state index in [0.717, 1.165) is 39.2 Å². The van der Waals surface area contributed by atoms with Crippen molar-refractivity contribution in [1.82, 2.24) is 4.98 Å². The van der Waals surface area contributed by atoms with Crippen LogP contribution in [-0.2, 0) is 4.74 Å². The number of rotatable bonds is 5. The Kier molecular flexibility index (Phi) is 5.27. The van der Waals surface area contributed by atoms with Crippen LogP contribution in [0.1, 0.15) is 24.2 Å². The summed E-state index contributed by atoms with van der Waals surface area (Å²) >= 11 is 0. The standard InChI is InChI=1S/C25H24N2O3/c1-16(2)27(3)22-15-19-14-18(25(28)29-4)10-11-21(19)26-23(22)24-20(12-13-30-24)17-8-6-5-7-9-17/h5-16H,1-4H3. The van der Waals surface area contributed by atoms with Crippen LogP contribution < -0.4 is 4.90 Å². The third kappa shape index (κ3) is 3.54. The van der Waals surface area contributed by atoms with Gasteiger partial charge in [0.15, 0.2) is 5.76 Å². The van der Waals surface area contributed by atoms with E-state index in [1.165, 1.54) is 7.11 Å². The predicted octanol–water partition coefficient (Wildman–Crippen LogP) is 5.79. The van der Waals surface area contributed by atoms with Crippen LogP contribution in [0, 0.1) is 0 Å². The first-order valence-electron chi connectivity index (χ1n) is 9.89. The minimum absolute atomic E-state index is 0.252. The fourth-order valence-corrected chi connectivity index (χ4v) is 3.46. The molecule has 0 amide bonds. The van der Waals surface area contributed by atoms with Gasteiger partial charge in [-0.15, -0.1) is 0 Å². The molecule has 0 saturated carbocycles. The molecule has 0 aliphatic heterocycles. The van der Waals surface area contributed by atoms with Crippen molar-refractivity contribution >= 4 is 22.6 Å². The first kappa shape index (κ1) is 19.7. The molecule has 2 aromatic heterocycles. The molecule has 0 atom stereocenters. The smallest absolute Gasteiger partial charge is 0.337 e. The maximum atomic E-state index is 12.0. The van der Waals surface area contributed by atoms with Gasteiger partial charge in [-0.05, 0) is 49.7 Å². The molecule has 0 N–H and O–H groups in total. The molecule has 0 aliphatic rings. The number of esters is 1. The van der Waals surface area contributed by atoms with Crippen LogP contribution in [0.5, 0.6) is 0 Å². The Morgan fingerprint density at radius 2 is 1.83 bits per heavy atom. The molecule has 4 rings (SSSR count). The zero-order chi connectivity index (χ0) is 21.3. The molecular weight excluding hydrogens is 376 g/mol. The highest BCUT2D eigenvalue weighted by molar-refractivity contribution is 5.97. The molecule has 30 heavy (non-hydrogen) atoms. The number of carbonyl (C=O) groups is 1. The van der Waals surface area contributed by atoms with Gasteiger partial charge in [0.05, 0.1) is 30.1 Å². The van der Waals surface area contributed by atoms with Gasteiger partial charge in [0.1, 0.15) is 5.69 Å². The first-order valence-corrected chi connectivity index (χ1v) is 9.89. The molecule has 4 aromatic rings. The van der Waals surface area contributed by atoms with Crippen molar-refractivity contribution in [3.05, 3.63) is 72.5 Å². The molecule has 0 spiro atoms. The van der Waals surface area contributed by atoms with Crippen molar-refractivity contribution in [2.45, 2.75) is 19.9 Å². The number of anilines is 1. The normalized spacial score (nSPS) is 11.1. The number of aromatic nitrogens is 1. The summed E-state index contributed by atoms with van der Waals surface area (Å²) < 4.78 is 10.8. The zero-order valence-electron chi connectivity index (χ0n) is 17.5. The van der Waals surface area contributed by atoms with E-state index in [-0.39, 0.29) is 12.0 Å². The Morgan fingerprint density at radius 3 is 2.53 bits per heavy atom. The summed E-state index contributed by atoms with van der Waals surface area (Å²) in [6.45, 7) is 4.25. The van der Waals surface area contributed by atoms with Crippen molar-refractivity contribution < 1.29 is 13.9 Å². The van der Waals surface area contributed by atoms with E-state index in [9.17, 15) is 4.79 Å². The van der Waals surface area contributed by atoms with Gasteiger partial charge in [-0.3, -0.25) is 0 Å². The molecule has 0 radical (unpaired) electrons. The maximum Gasteiger partial charge on any atom is 0.337 e. The number of carbonyl (C=O) groups excluding carboxylic acids is 1. The quantitative estimate of drug-likeness (QED) is 0.397. The molecule has 5 heteroatoms. The highest BCUT2D eigenvalue weighted by atomic mass is 16.5. The number of pyridine rings is 1. The van der Waals surface area contributed by atoms with Crippen LogP contribution in [0.15, 0.2) is 71.3 Å². The van der Waals surface area contributed by atoms with E-state index in [4.69, 9.17) is 14.1 Å². The summed E-state index contributed by atoms with van der Waals surface area (Å²) in [5.74, 6) is 0.361. The lowest BCUT2D eigenvalue weighted by atomic mass is 10.0. The number of benzene rings is 2. The summed E-state index contributed by atoms with van der Waals surface area (Å²) in [7, 11) is 3.42. The highest BCUT2D eigenvalue weighted by Gasteiger charge is 2.21. The minimum Gasteiger partial charge on any atom is -0.465 e. The van der Waals surface area contributed by atoms with E-state index < -0.39 is 0 Å². The average molecular weight is 400 g/mol. The number of hydrogen-bond donors (Lipinski definition) is 0. The van der Waals surface area contributed by atoms with Crippen LogP contribution in [-0.4, -0.2) is 31.2 Å². The second-order valence-electron chi connectivity index (χ2n) is 7.49. The van der Waals surface area contributed by atoms with Gasteiger partial charge in [0.25, 0.3) is 0 Å². The number of furan rings is 1. The largest absolute Gasteiger partial charge is 0.465 e. The number of ether oxygens (including phenoxy) is 1. The highest BCUT2D eigenvalue weighted by Crippen LogP contribution is 2.39. The van der Waals surface area contributed by atoms with Crippen molar-refractivity contribution in [2.75, 3.05) is 19.1 Å². The third-order valence-electron chi connectivity index (χ3n) is 5.34. The summed E-state index contributed by atoms with van der Waals surface area (Å²) in [6.07, 6.45) is 1.70. The van der Waals surface area contributed by atoms with Gasteiger partial charge in [-0.1, -0.05) is 30.3 Å². The SMILES string of the molecule is COC(=O)c1ccc2nc(-c3occc3-c3ccccc3)c(N(C)C(C)C)cc2c1. The third-order valence-corrected chi connectivity index (χ3v) is 5.34. The van der Waals surface area contributed by atoms with Gasteiger partial charge in [0, 0.05) is 24.0 Å². The average Bonchev–Trinajstić information content (AvgIpc) is 3.27. The van der Waals surface area contributed by atoms with Gasteiger partial charge in [-0.2, -0.15) is 0 Å². The molecule has 2 aromatic carbocycles. The van der Waals surface area contributed by atoms with Crippen molar-refractivity contribution in [2.24, 2.45) is 0 Å². The summed E-state index contributed by atoms with van der Waals surface area (Å²) in [5, 5.41) is 0.872. The molecule has 152 valence electrons. The van der Waals surface area contributed by atoms with Crippen LogP contribution in [0.2, 0.25) is 0 Å². The fourth-order valence-electron chi connectivity index (χ4n) is 3.46. The predicted molar refractivity (Wildman–Crippen MR) is 120 cm³/mol. The Hall–Kier alpha value is -3.60. The number of methoxy groups -OCH3 is 1. The van der Waals surface area contributed by atoms with E-state index >= 15 is 0 Å². The van der Waals surface area contributed by atoms with Crippen molar-refractivity contribution in [3.8, 4) is 22.6 Å². The topological polar surface area (TPSA) is 55.6 Å². The maximum absolute atomic E-state index is 12.0. The van der Waals surface area contributed by atoms with E-state index in [0.29, 0.717) is 5.56 Å². The van der Waals surface area contributed by atoms with Crippen molar-refractivity contribution in [1.29, 1.82) is 0 Å². The molecule has 0 unspecified atom stereocenters. The zero-order valence-corrected chi connectivity index (χ0v) is 17.5. The Morgan fingerprint density at radius 1 is 1.07 bits per heavy atom. The van der Waals surface area contributed by atoms with Gasteiger partial charge in [0.2, 0.25) is 0 Å². The molecule has 0 aliphatic carbocycles. The second-order valence-corrected chi connectivity index (χ2v) is 7.49. The monoisotopic (exact) mass is 400 g/mol. The summed E-state index contributed by atoms with van der Waals surface area (Å²) in [6, 6.07) is 19.8. The van der Waals surface area contributed by atoms with Crippen molar-refractivity contribution in [3.63, 3.8) is 0 Å². The van der Waals surface area contributed by atoms with Gasteiger partial charge >= 0.3 is 5.97 Å². The van der Waals surface area contributed by atoms with Crippen LogP contribution in [0.25, 0.3) is 33.5 Å². The summed E-state index contributed by atoms with van der Waals surface area (Å²) in [5.41, 5.74) is 5.06. The molecule has 2 heterocycles. The lowest BCUT2D eigenvalue weighted by Crippen LogP contribution is -2.26. The molecule has 0 fully saturated rings. The minimum atomic E-state index is -0.364. The Labute approximate surface area is 175 Å². The molecule has 0 saturated heterocycles. The summed E-state index contributed by atoms with van der Waals surface area (Å²) in [4.78, 5) is 19.1. The Bertz CT molecular complexity index is 1200. The van der Waals surface area contributed by atoms with Gasteiger partial charge in [-0.25, -0.2) is 9.78 Å². The fraction of sp³-hybridized carbons (Fsp3) is 0.200. The number of fused-ring (bicyclic) bond motifs is 1. The lowest BCUT2D eigenvalue weighted by molar-refractivity contribution is 0.0601. The number of hydrogen-bond acceptors (Lipinski definition) is 5. The first-order chi connectivity index (χ1) is 14.5. The van der Waals surface area contributed by atoms with E-state index in [1.807, 2.05) is 43.4 Å². The molecular formula is C25H24N2O3. The second kappa shape index (κ2) is 8.03. The Balaban J connectivity index is 1.94. The van der Waals surface area contributed by atoms with Crippen LogP contribution in [0.4, 0.5) is 5.69 Å². The molecule has 5 nitrogen and oxygen atoms in total. The van der Waals surface area contributed by atoms with Crippen LogP contribution in [0.3, 0.4) is 0 Å².